The lowest BCUT2D eigenvalue weighted by Gasteiger charge is -2.18. The first-order chi connectivity index (χ1) is 36.0. The second kappa shape index (κ2) is 61.7. The molecule has 6 heteroatoms. The number of carbonyl (C=O) groups excluding carboxylic acids is 3. The second-order valence-corrected chi connectivity index (χ2v) is 21.3. The van der Waals surface area contributed by atoms with Gasteiger partial charge in [0.05, 0.1) is 0 Å². The van der Waals surface area contributed by atoms with Gasteiger partial charge in [-0.3, -0.25) is 14.4 Å². The summed E-state index contributed by atoms with van der Waals surface area (Å²) in [5.74, 6) is -0.935. The topological polar surface area (TPSA) is 78.9 Å². The van der Waals surface area contributed by atoms with Gasteiger partial charge in [-0.1, -0.05) is 287 Å². The standard InChI is InChI=1S/C67H120O6/c1-4-7-10-13-16-19-22-25-28-31-32-33-34-37-40-43-46-49-52-55-58-61-67(70)73-64(62-71-65(68)59-56-53-50-47-44-41-38-35-29-26-23-20-17-14-11-8-5-2)63-72-66(69)60-57-54-51-48-45-42-39-36-30-27-24-21-18-15-12-9-6-3/h17,20,26-27,29-30,39,42,48,51,64H,4-16,18-19,21-25,28,31-38,40-41,43-47,49-50,52-63H2,1-3H3/b20-17-,29-26-,30-27-,42-39-,51-48-/t64-/m1/s1. The monoisotopic (exact) mass is 1020 g/mol. The van der Waals surface area contributed by atoms with Gasteiger partial charge >= 0.3 is 17.9 Å². The van der Waals surface area contributed by atoms with E-state index in [1.54, 1.807) is 0 Å². The molecule has 0 unspecified atom stereocenters. The molecule has 6 nitrogen and oxygen atoms in total. The minimum absolute atomic E-state index is 0.0912. The van der Waals surface area contributed by atoms with Crippen LogP contribution in [0.3, 0.4) is 0 Å². The second-order valence-electron chi connectivity index (χ2n) is 21.3. The summed E-state index contributed by atoms with van der Waals surface area (Å²) in [6.07, 6.45) is 78.0. The van der Waals surface area contributed by atoms with Gasteiger partial charge in [0.25, 0.3) is 0 Å². The predicted molar refractivity (Wildman–Crippen MR) is 316 cm³/mol. The Hall–Kier alpha value is -2.89. The van der Waals surface area contributed by atoms with Crippen molar-refractivity contribution in [2.75, 3.05) is 13.2 Å². The fourth-order valence-electron chi connectivity index (χ4n) is 9.20. The van der Waals surface area contributed by atoms with Crippen LogP contribution in [0.1, 0.15) is 329 Å². The fourth-order valence-corrected chi connectivity index (χ4v) is 9.20. The highest BCUT2D eigenvalue weighted by Gasteiger charge is 2.19. The third kappa shape index (κ3) is 59.9. The van der Waals surface area contributed by atoms with Crippen LogP contribution in [0.2, 0.25) is 0 Å². The lowest BCUT2D eigenvalue weighted by Crippen LogP contribution is -2.30. The maximum absolute atomic E-state index is 12.9. The lowest BCUT2D eigenvalue weighted by atomic mass is 10.0. The normalized spacial score (nSPS) is 12.4. The van der Waals surface area contributed by atoms with Crippen LogP contribution >= 0.6 is 0 Å². The molecular formula is C67H120O6. The van der Waals surface area contributed by atoms with Crippen molar-refractivity contribution in [3.05, 3.63) is 60.8 Å². The van der Waals surface area contributed by atoms with Crippen molar-refractivity contribution in [2.45, 2.75) is 335 Å². The number of hydrogen-bond donors (Lipinski definition) is 0. The highest BCUT2D eigenvalue weighted by atomic mass is 16.6. The molecule has 0 aliphatic carbocycles. The van der Waals surface area contributed by atoms with Crippen LogP contribution in [0.25, 0.3) is 0 Å². The van der Waals surface area contributed by atoms with E-state index in [2.05, 4.69) is 81.5 Å². The van der Waals surface area contributed by atoms with Crippen molar-refractivity contribution in [3.8, 4) is 0 Å². The number of esters is 3. The third-order valence-electron chi connectivity index (χ3n) is 14.0. The lowest BCUT2D eigenvalue weighted by molar-refractivity contribution is -0.167. The summed E-state index contributed by atoms with van der Waals surface area (Å²) < 4.78 is 16.9. The van der Waals surface area contributed by atoms with Gasteiger partial charge in [-0.15, -0.1) is 0 Å². The largest absolute Gasteiger partial charge is 0.462 e. The van der Waals surface area contributed by atoms with Crippen molar-refractivity contribution in [2.24, 2.45) is 0 Å². The number of allylic oxidation sites excluding steroid dienone is 10. The third-order valence-corrected chi connectivity index (χ3v) is 14.0. The first-order valence-corrected chi connectivity index (χ1v) is 31.8. The zero-order valence-electron chi connectivity index (χ0n) is 48.7. The predicted octanol–water partition coefficient (Wildman–Crippen LogP) is 21.6. The highest BCUT2D eigenvalue weighted by Crippen LogP contribution is 2.17. The fraction of sp³-hybridized carbons (Fsp3) is 0.806. The zero-order valence-corrected chi connectivity index (χ0v) is 48.7. The Morgan fingerprint density at radius 3 is 0.849 bits per heavy atom. The Morgan fingerprint density at radius 2 is 0.507 bits per heavy atom. The Balaban J connectivity index is 4.40. The molecule has 0 aliphatic rings. The van der Waals surface area contributed by atoms with Crippen molar-refractivity contribution in [1.82, 2.24) is 0 Å². The Kier molecular flexibility index (Phi) is 59.2. The summed E-state index contributed by atoms with van der Waals surface area (Å²) in [5, 5.41) is 0. The number of rotatable bonds is 58. The Morgan fingerprint density at radius 1 is 0.274 bits per heavy atom. The maximum atomic E-state index is 12.9. The minimum Gasteiger partial charge on any atom is -0.462 e. The van der Waals surface area contributed by atoms with E-state index in [1.807, 2.05) is 0 Å². The number of unbranched alkanes of at least 4 members (excludes halogenated alkanes) is 37. The SMILES string of the molecule is CCCCC/C=C\C/C=C\CCCCCCCCCC(=O)OC[C@H](COC(=O)CCC/C=C\C/C=C\C/C=C\CCCCCCCC)OC(=O)CCCCCCCCCCCCCCCCCCCCCCC. The molecule has 0 saturated carbocycles. The van der Waals surface area contributed by atoms with E-state index in [9.17, 15) is 14.4 Å². The molecule has 0 saturated heterocycles. The summed E-state index contributed by atoms with van der Waals surface area (Å²) in [5.41, 5.74) is 0. The van der Waals surface area contributed by atoms with Gasteiger partial charge in [-0.05, 0) is 83.5 Å². The molecule has 0 bridgehead atoms. The van der Waals surface area contributed by atoms with Gasteiger partial charge in [0, 0.05) is 19.3 Å². The van der Waals surface area contributed by atoms with E-state index in [1.165, 1.54) is 212 Å². The number of hydrogen-bond acceptors (Lipinski definition) is 6. The summed E-state index contributed by atoms with van der Waals surface area (Å²) in [7, 11) is 0. The molecular weight excluding hydrogens is 901 g/mol. The Labute approximate surface area is 453 Å². The molecule has 0 aliphatic heterocycles. The molecule has 0 aromatic rings. The van der Waals surface area contributed by atoms with Gasteiger partial charge in [0.15, 0.2) is 6.10 Å². The van der Waals surface area contributed by atoms with Crippen LogP contribution in [0, 0.1) is 0 Å². The van der Waals surface area contributed by atoms with Crippen molar-refractivity contribution in [1.29, 1.82) is 0 Å². The van der Waals surface area contributed by atoms with Crippen LogP contribution in [0.5, 0.6) is 0 Å². The molecule has 0 radical (unpaired) electrons. The van der Waals surface area contributed by atoms with Gasteiger partial charge in [-0.2, -0.15) is 0 Å². The molecule has 0 fully saturated rings. The van der Waals surface area contributed by atoms with E-state index in [0.29, 0.717) is 19.3 Å². The smallest absolute Gasteiger partial charge is 0.306 e. The van der Waals surface area contributed by atoms with Crippen LogP contribution in [0.4, 0.5) is 0 Å². The van der Waals surface area contributed by atoms with E-state index in [4.69, 9.17) is 14.2 Å². The molecule has 0 aromatic heterocycles. The zero-order chi connectivity index (χ0) is 52.9. The molecule has 0 heterocycles. The van der Waals surface area contributed by atoms with E-state index < -0.39 is 6.10 Å². The molecule has 0 spiro atoms. The summed E-state index contributed by atoms with van der Waals surface area (Å²) in [6.45, 7) is 6.61. The molecule has 0 N–H and O–H groups in total. The molecule has 0 rings (SSSR count). The van der Waals surface area contributed by atoms with E-state index in [0.717, 1.165) is 70.6 Å². The van der Waals surface area contributed by atoms with Crippen molar-refractivity contribution >= 4 is 17.9 Å². The molecule has 0 amide bonds. The quantitative estimate of drug-likeness (QED) is 0.0261. The highest BCUT2D eigenvalue weighted by molar-refractivity contribution is 5.71. The van der Waals surface area contributed by atoms with Crippen LogP contribution in [-0.2, 0) is 28.6 Å². The molecule has 424 valence electrons. The average molecular weight is 1020 g/mol. The molecule has 73 heavy (non-hydrogen) atoms. The van der Waals surface area contributed by atoms with Gasteiger partial charge in [-0.25, -0.2) is 0 Å². The van der Waals surface area contributed by atoms with Crippen LogP contribution < -0.4 is 0 Å². The first-order valence-electron chi connectivity index (χ1n) is 31.8. The van der Waals surface area contributed by atoms with Crippen molar-refractivity contribution < 1.29 is 28.6 Å². The Bertz CT molecular complexity index is 1310. The van der Waals surface area contributed by atoms with Gasteiger partial charge in [0.1, 0.15) is 13.2 Å². The molecule has 1 atom stereocenters. The number of ether oxygens (including phenoxy) is 3. The first kappa shape index (κ1) is 70.1. The summed E-state index contributed by atoms with van der Waals surface area (Å²) >= 11 is 0. The van der Waals surface area contributed by atoms with Gasteiger partial charge < -0.3 is 14.2 Å². The summed E-state index contributed by atoms with van der Waals surface area (Å²) in [6, 6.07) is 0. The van der Waals surface area contributed by atoms with Crippen LogP contribution in [-0.4, -0.2) is 37.2 Å². The minimum atomic E-state index is -0.797. The molecule has 0 aromatic carbocycles. The van der Waals surface area contributed by atoms with Crippen LogP contribution in [0.15, 0.2) is 60.8 Å². The number of carbonyl (C=O) groups is 3. The summed E-state index contributed by atoms with van der Waals surface area (Å²) in [4.78, 5) is 38.3. The van der Waals surface area contributed by atoms with E-state index >= 15 is 0 Å². The average Bonchev–Trinajstić information content (AvgIpc) is 3.39. The van der Waals surface area contributed by atoms with Crippen molar-refractivity contribution in [3.63, 3.8) is 0 Å². The maximum Gasteiger partial charge on any atom is 0.306 e. The van der Waals surface area contributed by atoms with Gasteiger partial charge in [0.2, 0.25) is 0 Å². The van der Waals surface area contributed by atoms with E-state index in [-0.39, 0.29) is 37.5 Å².